The van der Waals surface area contributed by atoms with Gasteiger partial charge in [0.2, 0.25) is 0 Å². The van der Waals surface area contributed by atoms with Crippen molar-refractivity contribution in [3.8, 4) is 0 Å². The zero-order valence-electron chi connectivity index (χ0n) is 12.2. The van der Waals surface area contributed by atoms with Crippen molar-refractivity contribution in [3.05, 3.63) is 11.9 Å². The Bertz CT molecular complexity index is 308. The SMILES string of the molecule is CCCCCCC(Cc1cn(C)nn1)NCCC. The van der Waals surface area contributed by atoms with Crippen LogP contribution in [0.4, 0.5) is 0 Å². The Balaban J connectivity index is 2.34. The molecule has 0 bridgehead atoms. The molecule has 18 heavy (non-hydrogen) atoms. The minimum absolute atomic E-state index is 0.554. The first kappa shape index (κ1) is 15.2. The summed E-state index contributed by atoms with van der Waals surface area (Å²) in [4.78, 5) is 0. The van der Waals surface area contributed by atoms with Crippen LogP contribution in [0.5, 0.6) is 0 Å². The average Bonchev–Trinajstić information content (AvgIpc) is 2.77. The van der Waals surface area contributed by atoms with Gasteiger partial charge in [0.05, 0.1) is 5.69 Å². The number of rotatable bonds is 10. The third-order valence-electron chi connectivity index (χ3n) is 3.19. The van der Waals surface area contributed by atoms with Crippen LogP contribution in [-0.2, 0) is 13.5 Å². The lowest BCUT2D eigenvalue weighted by Crippen LogP contribution is -2.32. The maximum Gasteiger partial charge on any atom is 0.0842 e. The largest absolute Gasteiger partial charge is 0.314 e. The maximum absolute atomic E-state index is 4.18. The summed E-state index contributed by atoms with van der Waals surface area (Å²) in [6.07, 6.45) is 10.8. The van der Waals surface area contributed by atoms with E-state index >= 15 is 0 Å². The van der Waals surface area contributed by atoms with Crippen molar-refractivity contribution in [1.29, 1.82) is 0 Å². The topological polar surface area (TPSA) is 42.7 Å². The number of nitrogens with zero attached hydrogens (tertiary/aromatic N) is 3. The van der Waals surface area contributed by atoms with Crippen LogP contribution < -0.4 is 5.32 Å². The van der Waals surface area contributed by atoms with Crippen LogP contribution in [0.3, 0.4) is 0 Å². The summed E-state index contributed by atoms with van der Waals surface area (Å²) < 4.78 is 1.78. The second-order valence-corrected chi connectivity index (χ2v) is 5.09. The molecule has 1 aromatic heterocycles. The molecule has 0 spiro atoms. The van der Waals surface area contributed by atoms with Crippen LogP contribution in [0.1, 0.15) is 58.1 Å². The van der Waals surface area contributed by atoms with E-state index in [1.54, 1.807) is 4.68 Å². The molecule has 1 N–H and O–H groups in total. The fraction of sp³-hybridized carbons (Fsp3) is 0.857. The molecule has 1 rings (SSSR count). The number of aromatic nitrogens is 3. The highest BCUT2D eigenvalue weighted by Crippen LogP contribution is 2.09. The molecular weight excluding hydrogens is 224 g/mol. The van der Waals surface area contributed by atoms with Crippen molar-refractivity contribution in [2.24, 2.45) is 7.05 Å². The summed E-state index contributed by atoms with van der Waals surface area (Å²) >= 11 is 0. The van der Waals surface area contributed by atoms with Gasteiger partial charge in [-0.25, -0.2) is 0 Å². The highest BCUT2D eigenvalue weighted by molar-refractivity contribution is 4.95. The molecule has 104 valence electrons. The third kappa shape index (κ3) is 6.15. The molecule has 0 saturated heterocycles. The van der Waals surface area contributed by atoms with E-state index in [1.807, 2.05) is 13.2 Å². The van der Waals surface area contributed by atoms with Crippen molar-refractivity contribution >= 4 is 0 Å². The highest BCUT2D eigenvalue weighted by Gasteiger charge is 2.10. The van der Waals surface area contributed by atoms with Crippen molar-refractivity contribution in [2.45, 2.75) is 64.8 Å². The van der Waals surface area contributed by atoms with E-state index in [1.165, 1.54) is 38.5 Å². The van der Waals surface area contributed by atoms with Crippen LogP contribution in [0.15, 0.2) is 6.20 Å². The molecule has 0 aliphatic rings. The lowest BCUT2D eigenvalue weighted by atomic mass is 10.0. The molecule has 0 radical (unpaired) electrons. The lowest BCUT2D eigenvalue weighted by Gasteiger charge is -2.17. The van der Waals surface area contributed by atoms with Crippen molar-refractivity contribution in [2.75, 3.05) is 6.54 Å². The number of unbranched alkanes of at least 4 members (excludes halogenated alkanes) is 3. The molecule has 0 aromatic carbocycles. The Labute approximate surface area is 111 Å². The van der Waals surface area contributed by atoms with E-state index in [0.717, 1.165) is 18.7 Å². The molecule has 0 saturated carbocycles. The van der Waals surface area contributed by atoms with E-state index in [4.69, 9.17) is 0 Å². The second kappa shape index (κ2) is 9.09. The first-order chi connectivity index (χ1) is 8.76. The summed E-state index contributed by atoms with van der Waals surface area (Å²) in [7, 11) is 1.92. The molecule has 0 aliphatic carbocycles. The van der Waals surface area contributed by atoms with Gasteiger partial charge < -0.3 is 5.32 Å². The Morgan fingerprint density at radius 3 is 2.67 bits per heavy atom. The smallest absolute Gasteiger partial charge is 0.0842 e. The van der Waals surface area contributed by atoms with E-state index in [2.05, 4.69) is 29.5 Å². The van der Waals surface area contributed by atoms with E-state index in [-0.39, 0.29) is 0 Å². The van der Waals surface area contributed by atoms with Crippen molar-refractivity contribution < 1.29 is 0 Å². The van der Waals surface area contributed by atoms with Crippen LogP contribution in [-0.4, -0.2) is 27.6 Å². The second-order valence-electron chi connectivity index (χ2n) is 5.09. The molecule has 4 heteroatoms. The monoisotopic (exact) mass is 252 g/mol. The molecule has 1 aromatic rings. The van der Waals surface area contributed by atoms with Crippen LogP contribution in [0.25, 0.3) is 0 Å². The van der Waals surface area contributed by atoms with Gasteiger partial charge in [-0.3, -0.25) is 4.68 Å². The van der Waals surface area contributed by atoms with Gasteiger partial charge in [-0.05, 0) is 19.4 Å². The third-order valence-corrected chi connectivity index (χ3v) is 3.19. The van der Waals surface area contributed by atoms with Gasteiger partial charge in [-0.1, -0.05) is 44.7 Å². The molecule has 1 heterocycles. The van der Waals surface area contributed by atoms with Gasteiger partial charge in [-0.2, -0.15) is 0 Å². The van der Waals surface area contributed by atoms with Gasteiger partial charge in [0.15, 0.2) is 0 Å². The molecule has 0 amide bonds. The van der Waals surface area contributed by atoms with E-state index in [0.29, 0.717) is 6.04 Å². The molecule has 1 atom stereocenters. The molecule has 0 fully saturated rings. The molecule has 1 unspecified atom stereocenters. The summed E-state index contributed by atoms with van der Waals surface area (Å²) in [6.45, 7) is 5.56. The van der Waals surface area contributed by atoms with Gasteiger partial charge in [0.25, 0.3) is 0 Å². The predicted molar refractivity (Wildman–Crippen MR) is 75.5 cm³/mol. The highest BCUT2D eigenvalue weighted by atomic mass is 15.4. The maximum atomic E-state index is 4.18. The molecular formula is C14H28N4. The summed E-state index contributed by atoms with van der Waals surface area (Å²) in [5, 5.41) is 11.8. The summed E-state index contributed by atoms with van der Waals surface area (Å²) in [6, 6.07) is 0.554. The van der Waals surface area contributed by atoms with Gasteiger partial charge >= 0.3 is 0 Å². The van der Waals surface area contributed by atoms with E-state index in [9.17, 15) is 0 Å². The predicted octanol–water partition coefficient (Wildman–Crippen LogP) is 2.70. The van der Waals surface area contributed by atoms with Gasteiger partial charge in [-0.15, -0.1) is 5.10 Å². The Morgan fingerprint density at radius 1 is 1.22 bits per heavy atom. The Morgan fingerprint density at radius 2 is 2.06 bits per heavy atom. The Kier molecular flexibility index (Phi) is 7.65. The lowest BCUT2D eigenvalue weighted by molar-refractivity contribution is 0.450. The quantitative estimate of drug-likeness (QED) is 0.651. The fourth-order valence-corrected chi connectivity index (χ4v) is 2.18. The number of nitrogens with one attached hydrogen (secondary N) is 1. The van der Waals surface area contributed by atoms with Gasteiger partial charge in [0, 0.05) is 25.7 Å². The van der Waals surface area contributed by atoms with Crippen LogP contribution in [0, 0.1) is 0 Å². The summed E-state index contributed by atoms with van der Waals surface area (Å²) in [5.41, 5.74) is 1.10. The minimum Gasteiger partial charge on any atom is -0.314 e. The number of aryl methyl sites for hydroxylation is 1. The van der Waals surface area contributed by atoms with Crippen molar-refractivity contribution in [3.63, 3.8) is 0 Å². The number of hydrogen-bond donors (Lipinski definition) is 1. The van der Waals surface area contributed by atoms with Crippen LogP contribution in [0.2, 0.25) is 0 Å². The normalized spacial score (nSPS) is 12.8. The zero-order chi connectivity index (χ0) is 13.2. The summed E-state index contributed by atoms with van der Waals surface area (Å²) in [5.74, 6) is 0. The fourth-order valence-electron chi connectivity index (χ4n) is 2.18. The zero-order valence-corrected chi connectivity index (χ0v) is 12.2. The minimum atomic E-state index is 0.554. The van der Waals surface area contributed by atoms with Crippen LogP contribution >= 0.6 is 0 Å². The van der Waals surface area contributed by atoms with Crippen molar-refractivity contribution in [1.82, 2.24) is 20.3 Å². The molecule has 4 nitrogen and oxygen atoms in total. The Hall–Kier alpha value is -0.900. The average molecular weight is 252 g/mol. The van der Waals surface area contributed by atoms with E-state index < -0.39 is 0 Å². The van der Waals surface area contributed by atoms with Gasteiger partial charge in [0.1, 0.15) is 0 Å². The standard InChI is InChI=1S/C14H28N4/c1-4-6-7-8-9-13(15-10-5-2)11-14-12-18(3)17-16-14/h12-13,15H,4-11H2,1-3H3. The first-order valence-electron chi connectivity index (χ1n) is 7.34. The first-order valence-corrected chi connectivity index (χ1v) is 7.34. The molecule has 0 aliphatic heterocycles. The number of hydrogen-bond acceptors (Lipinski definition) is 3.